The second-order valence-corrected chi connectivity index (χ2v) is 2.51. The van der Waals surface area contributed by atoms with Crippen molar-refractivity contribution < 1.29 is 0 Å². The van der Waals surface area contributed by atoms with Crippen LogP contribution in [0.5, 0.6) is 0 Å². The lowest BCUT2D eigenvalue weighted by Gasteiger charge is -2.04. The van der Waals surface area contributed by atoms with Crippen molar-refractivity contribution >= 4 is 0 Å². The number of nitrogens with one attached hydrogen (secondary N) is 2. The number of hydrogen-bond donors (Lipinski definition) is 2. The molecule has 2 aromatic rings. The predicted octanol–water partition coefficient (Wildman–Crippen LogP) is 0.955. The third-order valence-electron chi connectivity index (χ3n) is 1.61. The van der Waals surface area contributed by atoms with Crippen molar-refractivity contribution in [2.75, 3.05) is 5.43 Å². The van der Waals surface area contributed by atoms with Gasteiger partial charge in [0.15, 0.2) is 0 Å². The fraction of sp³-hybridized carbons (Fsp3) is 0.125. The van der Waals surface area contributed by atoms with Crippen molar-refractivity contribution in [3.8, 4) is 0 Å². The van der Waals surface area contributed by atoms with E-state index >= 15 is 0 Å². The highest BCUT2D eigenvalue weighted by Gasteiger charge is 1.91. The van der Waals surface area contributed by atoms with Crippen LogP contribution in [-0.2, 0) is 6.54 Å². The predicted molar refractivity (Wildman–Crippen MR) is 46.1 cm³/mol. The zero-order chi connectivity index (χ0) is 8.23. The van der Waals surface area contributed by atoms with E-state index < -0.39 is 0 Å². The van der Waals surface area contributed by atoms with E-state index in [0.29, 0.717) is 0 Å². The molecule has 2 N–H and O–H groups in total. The highest BCUT2D eigenvalue weighted by Crippen LogP contribution is 1.92. The molecule has 0 bridgehead atoms. The molecule has 4 heteroatoms. The van der Waals surface area contributed by atoms with E-state index in [4.69, 9.17) is 0 Å². The maximum absolute atomic E-state index is 3.85. The molecule has 0 amide bonds. The largest absolute Gasteiger partial charge is 0.320 e. The maximum atomic E-state index is 3.85. The summed E-state index contributed by atoms with van der Waals surface area (Å²) in [5.74, 6) is 0. The van der Waals surface area contributed by atoms with Crippen LogP contribution in [0.15, 0.2) is 36.8 Å². The molecule has 0 saturated heterocycles. The molecule has 0 atom stereocenters. The first-order chi connectivity index (χ1) is 5.95. The minimum atomic E-state index is 0.759. The van der Waals surface area contributed by atoms with Crippen LogP contribution in [0, 0.1) is 0 Å². The fourth-order valence-electron chi connectivity index (χ4n) is 1.000. The molecule has 0 aromatic carbocycles. The van der Waals surface area contributed by atoms with Gasteiger partial charge in [0.05, 0.1) is 12.2 Å². The molecule has 0 aliphatic carbocycles. The molecule has 12 heavy (non-hydrogen) atoms. The van der Waals surface area contributed by atoms with Gasteiger partial charge in [-0.1, -0.05) is 0 Å². The van der Waals surface area contributed by atoms with Crippen molar-refractivity contribution in [2.24, 2.45) is 0 Å². The summed E-state index contributed by atoms with van der Waals surface area (Å²) in [5.41, 5.74) is 4.25. The Kier molecular flexibility index (Phi) is 1.82. The average Bonchev–Trinajstić information content (AvgIpc) is 2.74. The van der Waals surface area contributed by atoms with Gasteiger partial charge in [0.25, 0.3) is 0 Å². The summed E-state index contributed by atoms with van der Waals surface area (Å²) in [5, 5.41) is 6.72. The molecule has 0 aliphatic heterocycles. The van der Waals surface area contributed by atoms with Gasteiger partial charge in [-0.3, -0.25) is 9.77 Å². The summed E-state index contributed by atoms with van der Waals surface area (Å²) in [4.78, 5) is 0. The van der Waals surface area contributed by atoms with Gasteiger partial charge in [0.2, 0.25) is 0 Å². The lowest BCUT2D eigenvalue weighted by Crippen LogP contribution is -2.11. The molecule has 4 nitrogen and oxygen atoms in total. The number of H-pyrrole nitrogens is 1. The van der Waals surface area contributed by atoms with Crippen molar-refractivity contribution in [1.29, 1.82) is 0 Å². The van der Waals surface area contributed by atoms with Crippen LogP contribution in [-0.4, -0.2) is 14.9 Å². The Morgan fingerprint density at radius 1 is 1.42 bits per heavy atom. The van der Waals surface area contributed by atoms with Gasteiger partial charge < -0.3 is 5.43 Å². The summed E-state index contributed by atoms with van der Waals surface area (Å²) in [6.45, 7) is 0.759. The van der Waals surface area contributed by atoms with Gasteiger partial charge in [0.1, 0.15) is 0 Å². The van der Waals surface area contributed by atoms with Crippen LogP contribution in [0.2, 0.25) is 0 Å². The van der Waals surface area contributed by atoms with Crippen LogP contribution >= 0.6 is 0 Å². The number of aromatic nitrogens is 3. The molecule has 0 radical (unpaired) electrons. The number of rotatable bonds is 3. The molecule has 2 rings (SSSR count). The highest BCUT2D eigenvalue weighted by atomic mass is 15.4. The zero-order valence-corrected chi connectivity index (χ0v) is 6.57. The van der Waals surface area contributed by atoms with Crippen LogP contribution in [0.1, 0.15) is 5.69 Å². The van der Waals surface area contributed by atoms with Crippen LogP contribution in [0.4, 0.5) is 0 Å². The minimum absolute atomic E-state index is 0.759. The van der Waals surface area contributed by atoms with Gasteiger partial charge in [-0.25, -0.2) is 0 Å². The molecule has 62 valence electrons. The topological polar surface area (TPSA) is 45.6 Å². The Bertz CT molecular complexity index is 274. The smallest absolute Gasteiger partial charge is 0.0730 e. The third-order valence-corrected chi connectivity index (χ3v) is 1.61. The Hall–Kier alpha value is -1.71. The number of hydrogen-bond acceptors (Lipinski definition) is 2. The molecule has 0 aliphatic rings. The Balaban J connectivity index is 1.91. The standard InChI is InChI=1S/C8H10N4/c1-2-6-12(5-1)10-7-8-3-4-9-11-8/h1-6,10H,7H2,(H,9,11). The molecule has 0 spiro atoms. The van der Waals surface area contributed by atoms with Gasteiger partial charge in [-0.15, -0.1) is 0 Å². The Morgan fingerprint density at radius 3 is 2.92 bits per heavy atom. The van der Waals surface area contributed by atoms with Gasteiger partial charge in [-0.2, -0.15) is 5.10 Å². The van der Waals surface area contributed by atoms with Crippen molar-refractivity contribution in [3.05, 3.63) is 42.5 Å². The first-order valence-electron chi connectivity index (χ1n) is 3.80. The van der Waals surface area contributed by atoms with Crippen molar-refractivity contribution in [2.45, 2.75) is 6.54 Å². The van der Waals surface area contributed by atoms with Gasteiger partial charge in [-0.05, 0) is 18.2 Å². The monoisotopic (exact) mass is 162 g/mol. The molecule has 2 heterocycles. The van der Waals surface area contributed by atoms with E-state index in [1.165, 1.54) is 0 Å². The molecule has 2 aromatic heterocycles. The summed E-state index contributed by atoms with van der Waals surface area (Å²) in [7, 11) is 0. The molecular formula is C8H10N4. The van der Waals surface area contributed by atoms with E-state index in [-0.39, 0.29) is 0 Å². The second-order valence-electron chi connectivity index (χ2n) is 2.51. The van der Waals surface area contributed by atoms with E-state index in [2.05, 4.69) is 15.6 Å². The minimum Gasteiger partial charge on any atom is -0.320 e. The second kappa shape index (κ2) is 3.13. The van der Waals surface area contributed by atoms with E-state index in [1.807, 2.05) is 35.3 Å². The normalized spacial score (nSPS) is 10.0. The van der Waals surface area contributed by atoms with Gasteiger partial charge >= 0.3 is 0 Å². The summed E-state index contributed by atoms with van der Waals surface area (Å²) in [6, 6.07) is 5.89. The quantitative estimate of drug-likeness (QED) is 0.706. The Morgan fingerprint density at radius 2 is 2.25 bits per heavy atom. The Labute approximate surface area is 70.2 Å². The van der Waals surface area contributed by atoms with E-state index in [0.717, 1.165) is 12.2 Å². The maximum Gasteiger partial charge on any atom is 0.0730 e. The zero-order valence-electron chi connectivity index (χ0n) is 6.57. The van der Waals surface area contributed by atoms with Gasteiger partial charge in [0, 0.05) is 18.6 Å². The first kappa shape index (κ1) is 6.97. The lowest BCUT2D eigenvalue weighted by atomic mass is 10.4. The molecular weight excluding hydrogens is 152 g/mol. The lowest BCUT2D eigenvalue weighted by molar-refractivity contribution is 0.823. The highest BCUT2D eigenvalue weighted by molar-refractivity contribution is 5.01. The number of aromatic amines is 1. The van der Waals surface area contributed by atoms with Crippen LogP contribution < -0.4 is 5.43 Å². The average molecular weight is 162 g/mol. The van der Waals surface area contributed by atoms with Crippen LogP contribution in [0.25, 0.3) is 0 Å². The molecule has 0 unspecified atom stereocenters. The third kappa shape index (κ3) is 1.47. The van der Waals surface area contributed by atoms with E-state index in [9.17, 15) is 0 Å². The summed E-state index contributed by atoms with van der Waals surface area (Å²) in [6.07, 6.45) is 5.65. The fourth-order valence-corrected chi connectivity index (χ4v) is 1.000. The van der Waals surface area contributed by atoms with Crippen molar-refractivity contribution in [3.63, 3.8) is 0 Å². The van der Waals surface area contributed by atoms with Crippen molar-refractivity contribution in [1.82, 2.24) is 14.9 Å². The summed E-state index contributed by atoms with van der Waals surface area (Å²) >= 11 is 0. The SMILES string of the molecule is c1ccn(NCc2ccn[nH]2)c1. The summed E-state index contributed by atoms with van der Waals surface area (Å²) < 4.78 is 1.90. The van der Waals surface area contributed by atoms with Crippen LogP contribution in [0.3, 0.4) is 0 Å². The molecule has 0 fully saturated rings. The molecule has 0 saturated carbocycles. The number of nitrogens with zero attached hydrogens (tertiary/aromatic N) is 2. The van der Waals surface area contributed by atoms with E-state index in [1.54, 1.807) is 6.20 Å². The first-order valence-corrected chi connectivity index (χ1v) is 3.80.